The van der Waals surface area contributed by atoms with Crippen molar-refractivity contribution in [2.75, 3.05) is 13.1 Å². The lowest BCUT2D eigenvalue weighted by atomic mass is 9.96. The van der Waals surface area contributed by atoms with Crippen LogP contribution >= 0.6 is 0 Å². The first-order valence-corrected chi connectivity index (χ1v) is 6.11. The number of hydrogen-bond donors (Lipinski definition) is 1. The predicted molar refractivity (Wildman–Crippen MR) is 68.1 cm³/mol. The van der Waals surface area contributed by atoms with Gasteiger partial charge in [-0.2, -0.15) is 0 Å². The first-order valence-electron chi connectivity index (χ1n) is 6.11. The molecule has 1 aliphatic heterocycles. The van der Waals surface area contributed by atoms with Gasteiger partial charge in [-0.05, 0) is 38.3 Å². The number of nitrogens with two attached hydrogens (primary N) is 1. The fourth-order valence-corrected chi connectivity index (χ4v) is 2.70. The fourth-order valence-electron chi connectivity index (χ4n) is 2.70. The van der Waals surface area contributed by atoms with E-state index in [1.807, 2.05) is 0 Å². The van der Waals surface area contributed by atoms with Crippen LogP contribution in [0.4, 0.5) is 0 Å². The number of rotatable bonds is 3. The molecular formula is C14H22N2. The highest BCUT2D eigenvalue weighted by molar-refractivity contribution is 5.15. The van der Waals surface area contributed by atoms with Gasteiger partial charge in [0, 0.05) is 18.6 Å². The van der Waals surface area contributed by atoms with Gasteiger partial charge in [-0.15, -0.1) is 0 Å². The zero-order valence-corrected chi connectivity index (χ0v) is 10.3. The van der Waals surface area contributed by atoms with Crippen LogP contribution in [0.3, 0.4) is 0 Å². The Hall–Kier alpha value is -0.860. The quantitative estimate of drug-likeness (QED) is 0.843. The minimum Gasteiger partial charge on any atom is -0.330 e. The van der Waals surface area contributed by atoms with Crippen molar-refractivity contribution in [1.29, 1.82) is 0 Å². The smallest absolute Gasteiger partial charge is 0.0239 e. The highest BCUT2D eigenvalue weighted by Gasteiger charge is 2.37. The van der Waals surface area contributed by atoms with Gasteiger partial charge >= 0.3 is 0 Å². The highest BCUT2D eigenvalue weighted by Crippen LogP contribution is 2.33. The van der Waals surface area contributed by atoms with Crippen LogP contribution in [-0.4, -0.2) is 23.5 Å². The summed E-state index contributed by atoms with van der Waals surface area (Å²) in [7, 11) is 0. The van der Waals surface area contributed by atoms with Crippen LogP contribution in [-0.2, 0) is 6.54 Å². The molecule has 0 amide bonds. The fraction of sp³-hybridized carbons (Fsp3) is 0.571. The number of benzene rings is 1. The van der Waals surface area contributed by atoms with Crippen molar-refractivity contribution in [3.8, 4) is 0 Å². The minimum absolute atomic E-state index is 0.292. The van der Waals surface area contributed by atoms with Gasteiger partial charge in [-0.1, -0.05) is 30.3 Å². The molecule has 0 spiro atoms. The van der Waals surface area contributed by atoms with E-state index in [1.165, 1.54) is 12.0 Å². The molecule has 0 aliphatic carbocycles. The third-order valence-corrected chi connectivity index (χ3v) is 3.67. The molecule has 2 N–H and O–H groups in total. The van der Waals surface area contributed by atoms with Gasteiger partial charge in [-0.25, -0.2) is 0 Å². The molecule has 0 saturated carbocycles. The molecule has 1 atom stereocenters. The Morgan fingerprint density at radius 1 is 1.31 bits per heavy atom. The van der Waals surface area contributed by atoms with Crippen LogP contribution < -0.4 is 5.73 Å². The monoisotopic (exact) mass is 218 g/mol. The maximum absolute atomic E-state index is 5.78. The van der Waals surface area contributed by atoms with Crippen molar-refractivity contribution in [3.63, 3.8) is 0 Å². The van der Waals surface area contributed by atoms with Gasteiger partial charge < -0.3 is 5.73 Å². The highest BCUT2D eigenvalue weighted by atomic mass is 15.2. The Kier molecular flexibility index (Phi) is 3.31. The molecule has 2 nitrogen and oxygen atoms in total. The summed E-state index contributed by atoms with van der Waals surface area (Å²) in [5.41, 5.74) is 7.47. The van der Waals surface area contributed by atoms with E-state index < -0.39 is 0 Å². The third-order valence-electron chi connectivity index (χ3n) is 3.67. The van der Waals surface area contributed by atoms with E-state index in [1.54, 1.807) is 0 Å². The summed E-state index contributed by atoms with van der Waals surface area (Å²) < 4.78 is 0. The van der Waals surface area contributed by atoms with E-state index in [4.69, 9.17) is 5.73 Å². The molecule has 88 valence electrons. The average Bonchev–Trinajstić information content (AvgIpc) is 2.55. The zero-order valence-electron chi connectivity index (χ0n) is 10.3. The molecule has 1 aromatic rings. The second kappa shape index (κ2) is 4.56. The summed E-state index contributed by atoms with van der Waals surface area (Å²) in [5.74, 6) is 0.665. The maximum atomic E-state index is 5.78. The topological polar surface area (TPSA) is 29.3 Å². The summed E-state index contributed by atoms with van der Waals surface area (Å²) in [5, 5.41) is 0. The van der Waals surface area contributed by atoms with E-state index in [9.17, 15) is 0 Å². The van der Waals surface area contributed by atoms with E-state index >= 15 is 0 Å². The normalized spacial score (nSPS) is 24.8. The minimum atomic E-state index is 0.292. The Balaban J connectivity index is 2.05. The standard InChI is InChI=1S/C14H22N2/c1-14(2)8-13(9-15)11-16(14)10-12-6-4-3-5-7-12/h3-7,13H,8-11,15H2,1-2H3. The molecule has 2 heteroatoms. The van der Waals surface area contributed by atoms with Crippen molar-refractivity contribution >= 4 is 0 Å². The van der Waals surface area contributed by atoms with Crippen molar-refractivity contribution < 1.29 is 0 Å². The maximum Gasteiger partial charge on any atom is 0.0239 e. The number of hydrogen-bond acceptors (Lipinski definition) is 2. The lowest BCUT2D eigenvalue weighted by Crippen LogP contribution is -2.37. The molecule has 1 fully saturated rings. The summed E-state index contributed by atoms with van der Waals surface area (Å²) in [6, 6.07) is 10.7. The number of nitrogens with zero attached hydrogens (tertiary/aromatic N) is 1. The largest absolute Gasteiger partial charge is 0.330 e. The summed E-state index contributed by atoms with van der Waals surface area (Å²) in [6.45, 7) is 7.65. The van der Waals surface area contributed by atoms with Gasteiger partial charge in [0.1, 0.15) is 0 Å². The van der Waals surface area contributed by atoms with Gasteiger partial charge in [0.05, 0.1) is 0 Å². The Bertz CT molecular complexity index is 332. The van der Waals surface area contributed by atoms with Crippen molar-refractivity contribution in [1.82, 2.24) is 4.90 Å². The lowest BCUT2D eigenvalue weighted by Gasteiger charge is -2.31. The van der Waals surface area contributed by atoms with Gasteiger partial charge in [0.15, 0.2) is 0 Å². The molecule has 0 radical (unpaired) electrons. The molecular weight excluding hydrogens is 196 g/mol. The first kappa shape index (κ1) is 11.6. The Morgan fingerprint density at radius 2 is 2.00 bits per heavy atom. The van der Waals surface area contributed by atoms with E-state index in [2.05, 4.69) is 49.1 Å². The molecule has 0 bridgehead atoms. The van der Waals surface area contributed by atoms with Crippen LogP contribution in [0, 0.1) is 5.92 Å². The van der Waals surface area contributed by atoms with Crippen LogP contribution in [0.2, 0.25) is 0 Å². The molecule has 1 unspecified atom stereocenters. The molecule has 2 rings (SSSR count). The number of likely N-dealkylation sites (tertiary alicyclic amines) is 1. The zero-order chi connectivity index (χ0) is 11.6. The molecule has 1 aromatic carbocycles. The van der Waals surface area contributed by atoms with Crippen LogP contribution in [0.1, 0.15) is 25.8 Å². The van der Waals surface area contributed by atoms with Crippen molar-refractivity contribution in [2.45, 2.75) is 32.4 Å². The predicted octanol–water partition coefficient (Wildman–Crippen LogP) is 2.25. The van der Waals surface area contributed by atoms with E-state index in [-0.39, 0.29) is 0 Å². The molecule has 1 aliphatic rings. The second-order valence-electron chi connectivity index (χ2n) is 5.48. The third kappa shape index (κ3) is 2.45. The Morgan fingerprint density at radius 3 is 2.56 bits per heavy atom. The first-order chi connectivity index (χ1) is 7.62. The van der Waals surface area contributed by atoms with Crippen LogP contribution in [0.25, 0.3) is 0 Å². The van der Waals surface area contributed by atoms with Crippen LogP contribution in [0.15, 0.2) is 30.3 Å². The molecule has 1 heterocycles. The van der Waals surface area contributed by atoms with Gasteiger partial charge in [0.25, 0.3) is 0 Å². The average molecular weight is 218 g/mol. The summed E-state index contributed by atoms with van der Waals surface area (Å²) in [6.07, 6.45) is 1.22. The van der Waals surface area contributed by atoms with E-state index in [0.717, 1.165) is 19.6 Å². The van der Waals surface area contributed by atoms with Crippen molar-refractivity contribution in [2.24, 2.45) is 11.7 Å². The molecule has 16 heavy (non-hydrogen) atoms. The van der Waals surface area contributed by atoms with Gasteiger partial charge in [0.2, 0.25) is 0 Å². The van der Waals surface area contributed by atoms with Gasteiger partial charge in [-0.3, -0.25) is 4.90 Å². The summed E-state index contributed by atoms with van der Waals surface area (Å²) in [4.78, 5) is 2.56. The SMILES string of the molecule is CC1(C)CC(CN)CN1Cc1ccccc1. The molecule has 1 saturated heterocycles. The second-order valence-corrected chi connectivity index (χ2v) is 5.48. The van der Waals surface area contributed by atoms with Crippen molar-refractivity contribution in [3.05, 3.63) is 35.9 Å². The lowest BCUT2D eigenvalue weighted by molar-refractivity contribution is 0.166. The summed E-state index contributed by atoms with van der Waals surface area (Å²) >= 11 is 0. The van der Waals surface area contributed by atoms with E-state index in [0.29, 0.717) is 11.5 Å². The molecule has 0 aromatic heterocycles. The van der Waals surface area contributed by atoms with Crippen LogP contribution in [0.5, 0.6) is 0 Å². The Labute approximate surface area is 98.4 Å².